The topological polar surface area (TPSA) is 38.3 Å². The number of nitrogens with one attached hydrogen (secondary N) is 1. The minimum absolute atomic E-state index is 0.115. The number of carbonyl (C=O) groups excluding carboxylic acids is 1. The number of halogens is 1. The van der Waals surface area contributed by atoms with Crippen LogP contribution in [0, 0.1) is 6.92 Å². The molecule has 3 nitrogen and oxygen atoms in total. The Morgan fingerprint density at radius 3 is 2.76 bits per heavy atom. The van der Waals surface area contributed by atoms with Gasteiger partial charge in [0.1, 0.15) is 0 Å². The molecule has 1 N–H and O–H groups in total. The predicted octanol–water partition coefficient (Wildman–Crippen LogP) is 4.20. The van der Waals surface area contributed by atoms with Crippen molar-refractivity contribution in [3.63, 3.8) is 0 Å². The van der Waals surface area contributed by atoms with Gasteiger partial charge >= 0.3 is 0 Å². The number of amides is 1. The molecule has 0 heterocycles. The third-order valence-corrected chi connectivity index (χ3v) is 3.90. The molecule has 0 radical (unpaired) electrons. The highest BCUT2D eigenvalue weighted by atomic mass is 79.9. The second-order valence-corrected chi connectivity index (χ2v) is 5.69. The molecule has 0 aromatic heterocycles. The molecule has 0 saturated heterocycles. The van der Waals surface area contributed by atoms with Gasteiger partial charge in [-0.1, -0.05) is 29.8 Å². The lowest BCUT2D eigenvalue weighted by Gasteiger charge is -2.12. The van der Waals surface area contributed by atoms with Gasteiger partial charge in [0.25, 0.3) is 5.91 Å². The van der Waals surface area contributed by atoms with Crippen molar-refractivity contribution in [2.75, 3.05) is 19.0 Å². The average molecular weight is 348 g/mol. The fourth-order valence-electron chi connectivity index (χ4n) is 2.08. The molecule has 21 heavy (non-hydrogen) atoms. The molecular weight excluding hydrogens is 330 g/mol. The maximum Gasteiger partial charge on any atom is 0.256 e. The number of benzene rings is 2. The molecule has 2 rings (SSSR count). The Morgan fingerprint density at radius 2 is 2.00 bits per heavy atom. The van der Waals surface area contributed by atoms with Crippen LogP contribution in [-0.4, -0.2) is 19.6 Å². The normalized spacial score (nSPS) is 10.4. The quantitative estimate of drug-likeness (QED) is 0.880. The number of rotatable bonds is 5. The van der Waals surface area contributed by atoms with Gasteiger partial charge < -0.3 is 10.1 Å². The molecule has 110 valence electrons. The average Bonchev–Trinajstić information content (AvgIpc) is 2.48. The zero-order valence-corrected chi connectivity index (χ0v) is 13.7. The third kappa shape index (κ3) is 4.16. The molecule has 0 spiro atoms. The summed E-state index contributed by atoms with van der Waals surface area (Å²) in [6.07, 6.45) is 0.766. The fraction of sp³-hybridized carbons (Fsp3) is 0.235. The lowest BCUT2D eigenvalue weighted by molar-refractivity contribution is 0.102. The summed E-state index contributed by atoms with van der Waals surface area (Å²) in [6.45, 7) is 2.59. The van der Waals surface area contributed by atoms with Crippen LogP contribution in [0.5, 0.6) is 0 Å². The monoisotopic (exact) mass is 347 g/mol. The van der Waals surface area contributed by atoms with Gasteiger partial charge in [-0.3, -0.25) is 4.79 Å². The van der Waals surface area contributed by atoms with Crippen LogP contribution >= 0.6 is 15.9 Å². The highest BCUT2D eigenvalue weighted by Gasteiger charge is 2.12. The van der Waals surface area contributed by atoms with Crippen LogP contribution in [0.25, 0.3) is 0 Å². The highest BCUT2D eigenvalue weighted by molar-refractivity contribution is 9.10. The van der Waals surface area contributed by atoms with Gasteiger partial charge in [-0.2, -0.15) is 0 Å². The summed E-state index contributed by atoms with van der Waals surface area (Å²) in [4.78, 5) is 12.4. The molecule has 0 unspecified atom stereocenters. The summed E-state index contributed by atoms with van der Waals surface area (Å²) < 4.78 is 5.90. The van der Waals surface area contributed by atoms with E-state index in [1.807, 2.05) is 49.4 Å². The Morgan fingerprint density at radius 1 is 1.24 bits per heavy atom. The van der Waals surface area contributed by atoms with Crippen LogP contribution in [0.1, 0.15) is 21.5 Å². The van der Waals surface area contributed by atoms with E-state index in [9.17, 15) is 4.79 Å². The number of carbonyl (C=O) groups is 1. The molecule has 0 aliphatic rings. The second-order valence-electron chi connectivity index (χ2n) is 4.84. The van der Waals surface area contributed by atoms with E-state index in [2.05, 4.69) is 21.2 Å². The molecule has 2 aromatic carbocycles. The van der Waals surface area contributed by atoms with E-state index in [0.29, 0.717) is 12.2 Å². The summed E-state index contributed by atoms with van der Waals surface area (Å²) in [5.41, 5.74) is 3.58. The third-order valence-electron chi connectivity index (χ3n) is 3.21. The molecule has 2 aromatic rings. The van der Waals surface area contributed by atoms with Crippen molar-refractivity contribution in [3.05, 3.63) is 63.6 Å². The smallest absolute Gasteiger partial charge is 0.256 e. The molecule has 0 aliphatic carbocycles. The Bertz CT molecular complexity index is 640. The molecule has 1 amide bonds. The maximum atomic E-state index is 12.4. The first-order valence-corrected chi connectivity index (χ1v) is 7.55. The Kier molecular flexibility index (Phi) is 5.53. The summed E-state index contributed by atoms with van der Waals surface area (Å²) in [6, 6.07) is 13.5. The first-order chi connectivity index (χ1) is 10.1. The number of hydrogen-bond acceptors (Lipinski definition) is 2. The van der Waals surface area contributed by atoms with Crippen molar-refractivity contribution in [2.45, 2.75) is 13.3 Å². The van der Waals surface area contributed by atoms with Crippen LogP contribution in [-0.2, 0) is 11.2 Å². The number of ether oxygens (including phenoxy) is 1. The van der Waals surface area contributed by atoms with Crippen molar-refractivity contribution in [2.24, 2.45) is 0 Å². The van der Waals surface area contributed by atoms with Gasteiger partial charge in [0.15, 0.2) is 0 Å². The van der Waals surface area contributed by atoms with Crippen molar-refractivity contribution in [1.29, 1.82) is 0 Å². The number of para-hydroxylation sites is 1. The Labute approximate surface area is 133 Å². The van der Waals surface area contributed by atoms with Crippen LogP contribution in [0.15, 0.2) is 46.9 Å². The SMILES string of the molecule is COCCc1ccccc1NC(=O)c1cc(C)ccc1Br. The van der Waals surface area contributed by atoms with Crippen LogP contribution in [0.4, 0.5) is 5.69 Å². The predicted molar refractivity (Wildman–Crippen MR) is 88.9 cm³/mol. The minimum atomic E-state index is -0.115. The van der Waals surface area contributed by atoms with E-state index < -0.39 is 0 Å². The van der Waals surface area contributed by atoms with Gasteiger partial charge in [0, 0.05) is 17.3 Å². The summed E-state index contributed by atoms with van der Waals surface area (Å²) in [5, 5.41) is 2.98. The zero-order chi connectivity index (χ0) is 15.2. The summed E-state index contributed by atoms with van der Waals surface area (Å²) in [5.74, 6) is -0.115. The second kappa shape index (κ2) is 7.38. The van der Waals surface area contributed by atoms with Crippen LogP contribution < -0.4 is 5.32 Å². The first kappa shape index (κ1) is 15.7. The summed E-state index contributed by atoms with van der Waals surface area (Å²) >= 11 is 3.42. The van der Waals surface area contributed by atoms with E-state index >= 15 is 0 Å². The van der Waals surface area contributed by atoms with E-state index in [1.165, 1.54) is 0 Å². The van der Waals surface area contributed by atoms with Gasteiger partial charge in [0.2, 0.25) is 0 Å². The molecule has 0 bridgehead atoms. The van der Waals surface area contributed by atoms with Crippen LogP contribution in [0.3, 0.4) is 0 Å². The lowest BCUT2D eigenvalue weighted by Crippen LogP contribution is -2.14. The maximum absolute atomic E-state index is 12.4. The van der Waals surface area contributed by atoms with Crippen molar-refractivity contribution < 1.29 is 9.53 Å². The lowest BCUT2D eigenvalue weighted by atomic mass is 10.1. The molecule has 0 saturated carbocycles. The minimum Gasteiger partial charge on any atom is -0.384 e. The standard InChI is InChI=1S/C17H18BrNO2/c1-12-7-8-15(18)14(11-12)17(20)19-16-6-4-3-5-13(16)9-10-21-2/h3-8,11H,9-10H2,1-2H3,(H,19,20). The number of hydrogen-bond donors (Lipinski definition) is 1. The highest BCUT2D eigenvalue weighted by Crippen LogP contribution is 2.21. The Hall–Kier alpha value is -1.65. The summed E-state index contributed by atoms with van der Waals surface area (Å²) in [7, 11) is 1.67. The van der Waals surface area contributed by atoms with Gasteiger partial charge in [0.05, 0.1) is 12.2 Å². The zero-order valence-electron chi connectivity index (χ0n) is 12.2. The van der Waals surface area contributed by atoms with E-state index in [4.69, 9.17) is 4.74 Å². The molecule has 0 aliphatic heterocycles. The van der Waals surface area contributed by atoms with Gasteiger partial charge in [-0.25, -0.2) is 0 Å². The molecular formula is C17H18BrNO2. The number of methoxy groups -OCH3 is 1. The molecule has 4 heteroatoms. The Balaban J connectivity index is 2.21. The molecule has 0 atom stereocenters. The fourth-order valence-corrected chi connectivity index (χ4v) is 2.50. The van der Waals surface area contributed by atoms with E-state index in [1.54, 1.807) is 7.11 Å². The largest absolute Gasteiger partial charge is 0.384 e. The van der Waals surface area contributed by atoms with E-state index in [-0.39, 0.29) is 5.91 Å². The number of aryl methyl sites for hydroxylation is 1. The first-order valence-electron chi connectivity index (χ1n) is 6.76. The van der Waals surface area contributed by atoms with Gasteiger partial charge in [-0.15, -0.1) is 0 Å². The van der Waals surface area contributed by atoms with E-state index in [0.717, 1.165) is 27.7 Å². The van der Waals surface area contributed by atoms with Crippen molar-refractivity contribution in [3.8, 4) is 0 Å². The van der Waals surface area contributed by atoms with Crippen molar-refractivity contribution in [1.82, 2.24) is 0 Å². The number of anilines is 1. The van der Waals surface area contributed by atoms with Crippen molar-refractivity contribution >= 4 is 27.5 Å². The molecule has 0 fully saturated rings. The van der Waals surface area contributed by atoms with Gasteiger partial charge in [-0.05, 0) is 53.0 Å². The van der Waals surface area contributed by atoms with Crippen LogP contribution in [0.2, 0.25) is 0 Å².